The van der Waals surface area contributed by atoms with Crippen LogP contribution in [-0.2, 0) is 4.79 Å². The van der Waals surface area contributed by atoms with Gasteiger partial charge in [0.2, 0.25) is 0 Å². The van der Waals surface area contributed by atoms with Gasteiger partial charge in [0.25, 0.3) is 0 Å². The number of nitrogens with zero attached hydrogens (tertiary/aromatic N) is 4. The van der Waals surface area contributed by atoms with Gasteiger partial charge in [-0.25, -0.2) is 9.50 Å². The Morgan fingerprint density at radius 2 is 2.10 bits per heavy atom. The highest BCUT2D eigenvalue weighted by atomic mass is 16.4. The van der Waals surface area contributed by atoms with Crippen molar-refractivity contribution in [2.24, 2.45) is 5.92 Å². The molecule has 1 saturated heterocycles. The van der Waals surface area contributed by atoms with E-state index in [-0.39, 0.29) is 5.92 Å². The average molecular weight is 288 g/mol. The Hall–Kier alpha value is -2.11. The number of aromatic nitrogens is 3. The molecule has 2 aromatic heterocycles. The number of anilines is 1. The first kappa shape index (κ1) is 13.9. The molecule has 1 N–H and O–H groups in total. The summed E-state index contributed by atoms with van der Waals surface area (Å²) in [7, 11) is 0. The van der Waals surface area contributed by atoms with E-state index in [1.165, 1.54) is 0 Å². The van der Waals surface area contributed by atoms with Crippen LogP contribution < -0.4 is 4.90 Å². The lowest BCUT2D eigenvalue weighted by atomic mass is 9.97. The first-order valence-corrected chi connectivity index (χ1v) is 7.38. The Morgan fingerprint density at radius 1 is 1.38 bits per heavy atom. The minimum absolute atomic E-state index is 0.225. The lowest BCUT2D eigenvalue weighted by Crippen LogP contribution is -2.37. The maximum Gasteiger partial charge on any atom is 0.306 e. The first-order chi connectivity index (χ1) is 10.1. The van der Waals surface area contributed by atoms with Gasteiger partial charge in [0.1, 0.15) is 5.52 Å². The molecule has 21 heavy (non-hydrogen) atoms. The van der Waals surface area contributed by atoms with Crippen molar-refractivity contribution in [2.75, 3.05) is 18.0 Å². The largest absolute Gasteiger partial charge is 0.481 e. The number of rotatable bonds is 3. The molecular formula is C15H20N4O2. The molecule has 0 aliphatic carbocycles. The molecule has 0 amide bonds. The van der Waals surface area contributed by atoms with Crippen LogP contribution in [0.15, 0.2) is 18.5 Å². The Balaban J connectivity index is 1.89. The number of carboxylic acids is 1. The van der Waals surface area contributed by atoms with Crippen molar-refractivity contribution in [1.82, 2.24) is 14.6 Å². The molecule has 3 rings (SSSR count). The molecule has 2 aromatic rings. The van der Waals surface area contributed by atoms with Crippen LogP contribution in [0.25, 0.3) is 5.52 Å². The van der Waals surface area contributed by atoms with Crippen LogP contribution in [0.4, 0.5) is 5.82 Å². The smallest absolute Gasteiger partial charge is 0.306 e. The van der Waals surface area contributed by atoms with Crippen LogP contribution in [0, 0.1) is 5.92 Å². The highest BCUT2D eigenvalue weighted by molar-refractivity contribution is 5.72. The van der Waals surface area contributed by atoms with Crippen LogP contribution in [-0.4, -0.2) is 38.8 Å². The molecule has 0 aromatic carbocycles. The monoisotopic (exact) mass is 288 g/mol. The van der Waals surface area contributed by atoms with Crippen molar-refractivity contribution >= 4 is 17.3 Å². The number of hydrogen-bond acceptors (Lipinski definition) is 4. The normalized spacial score (nSPS) is 16.8. The maximum absolute atomic E-state index is 11.0. The minimum Gasteiger partial charge on any atom is -0.481 e. The van der Waals surface area contributed by atoms with Gasteiger partial charge in [0, 0.05) is 25.5 Å². The molecule has 0 radical (unpaired) electrons. The number of carbonyl (C=O) groups is 1. The van der Waals surface area contributed by atoms with Crippen molar-refractivity contribution in [2.45, 2.75) is 32.6 Å². The second-order valence-corrected chi connectivity index (χ2v) is 5.90. The van der Waals surface area contributed by atoms with E-state index in [1.807, 2.05) is 10.7 Å². The zero-order chi connectivity index (χ0) is 15.0. The van der Waals surface area contributed by atoms with Gasteiger partial charge in [-0.05, 0) is 24.8 Å². The predicted octanol–water partition coefficient (Wildman–Crippen LogP) is 2.15. The first-order valence-electron chi connectivity index (χ1n) is 7.38. The van der Waals surface area contributed by atoms with E-state index in [2.05, 4.69) is 34.9 Å². The quantitative estimate of drug-likeness (QED) is 0.937. The number of carboxylic acid groups (broad SMARTS) is 1. The topological polar surface area (TPSA) is 70.7 Å². The summed E-state index contributed by atoms with van der Waals surface area (Å²) in [4.78, 5) is 17.7. The minimum atomic E-state index is -0.688. The molecule has 3 heterocycles. The van der Waals surface area contributed by atoms with E-state index in [0.29, 0.717) is 18.8 Å². The third-order valence-corrected chi connectivity index (χ3v) is 4.12. The van der Waals surface area contributed by atoms with Gasteiger partial charge in [0.05, 0.1) is 11.6 Å². The summed E-state index contributed by atoms with van der Waals surface area (Å²) in [6.45, 7) is 5.69. The molecule has 0 saturated carbocycles. The van der Waals surface area contributed by atoms with Gasteiger partial charge in [-0.3, -0.25) is 4.79 Å². The lowest BCUT2D eigenvalue weighted by Gasteiger charge is -2.31. The van der Waals surface area contributed by atoms with Crippen molar-refractivity contribution in [1.29, 1.82) is 0 Å². The molecule has 0 atom stereocenters. The summed E-state index contributed by atoms with van der Waals surface area (Å²) in [5.41, 5.74) is 2.04. The summed E-state index contributed by atoms with van der Waals surface area (Å²) in [6.07, 6.45) is 4.95. The zero-order valence-electron chi connectivity index (χ0n) is 12.4. The van der Waals surface area contributed by atoms with Gasteiger partial charge in [-0.2, -0.15) is 5.10 Å². The van der Waals surface area contributed by atoms with Gasteiger partial charge in [-0.1, -0.05) is 13.8 Å². The molecule has 6 nitrogen and oxygen atoms in total. The Kier molecular flexibility index (Phi) is 3.53. The number of fused-ring (bicyclic) bond motifs is 1. The highest BCUT2D eigenvalue weighted by Crippen LogP contribution is 2.27. The Morgan fingerprint density at radius 3 is 2.71 bits per heavy atom. The molecule has 1 aliphatic heterocycles. The van der Waals surface area contributed by atoms with Crippen LogP contribution in [0.3, 0.4) is 0 Å². The van der Waals surface area contributed by atoms with Crippen molar-refractivity contribution in [3.63, 3.8) is 0 Å². The number of hydrogen-bond donors (Lipinski definition) is 1. The molecular weight excluding hydrogens is 268 g/mol. The third kappa shape index (κ3) is 2.57. The van der Waals surface area contributed by atoms with E-state index in [9.17, 15) is 4.79 Å². The SMILES string of the molecule is CC(C)c1cc2c(N3CCC(C(=O)O)CC3)nccn2n1. The maximum atomic E-state index is 11.0. The fourth-order valence-corrected chi connectivity index (χ4v) is 2.79. The summed E-state index contributed by atoms with van der Waals surface area (Å²) < 4.78 is 1.86. The number of piperidine rings is 1. The molecule has 0 bridgehead atoms. The second-order valence-electron chi connectivity index (χ2n) is 5.90. The zero-order valence-corrected chi connectivity index (χ0v) is 12.4. The molecule has 1 aliphatic rings. The van der Waals surface area contributed by atoms with Crippen LogP contribution >= 0.6 is 0 Å². The summed E-state index contributed by atoms with van der Waals surface area (Å²) in [5.74, 6) is 0.362. The summed E-state index contributed by atoms with van der Waals surface area (Å²) in [6, 6.07) is 2.08. The molecule has 6 heteroatoms. The fourth-order valence-electron chi connectivity index (χ4n) is 2.79. The Bertz CT molecular complexity index is 657. The predicted molar refractivity (Wildman–Crippen MR) is 79.6 cm³/mol. The van der Waals surface area contributed by atoms with E-state index in [0.717, 1.165) is 30.1 Å². The van der Waals surface area contributed by atoms with E-state index < -0.39 is 5.97 Å². The van der Waals surface area contributed by atoms with Crippen molar-refractivity contribution in [3.8, 4) is 0 Å². The van der Waals surface area contributed by atoms with Crippen molar-refractivity contribution < 1.29 is 9.90 Å². The molecule has 1 fully saturated rings. The van der Waals surface area contributed by atoms with Crippen LogP contribution in [0.2, 0.25) is 0 Å². The van der Waals surface area contributed by atoms with Gasteiger partial charge in [0.15, 0.2) is 5.82 Å². The molecule has 0 spiro atoms. The lowest BCUT2D eigenvalue weighted by molar-refractivity contribution is -0.142. The van der Waals surface area contributed by atoms with E-state index in [1.54, 1.807) is 6.20 Å². The highest BCUT2D eigenvalue weighted by Gasteiger charge is 2.26. The van der Waals surface area contributed by atoms with Crippen molar-refractivity contribution in [3.05, 3.63) is 24.2 Å². The summed E-state index contributed by atoms with van der Waals surface area (Å²) in [5, 5.41) is 13.6. The van der Waals surface area contributed by atoms with Crippen LogP contribution in [0.1, 0.15) is 38.3 Å². The third-order valence-electron chi connectivity index (χ3n) is 4.12. The molecule has 112 valence electrons. The average Bonchev–Trinajstić information content (AvgIpc) is 2.91. The van der Waals surface area contributed by atoms with Crippen LogP contribution in [0.5, 0.6) is 0 Å². The second kappa shape index (κ2) is 5.35. The standard InChI is InChI=1S/C15H20N4O2/c1-10(2)12-9-13-14(16-5-8-19(13)17-12)18-6-3-11(4-7-18)15(20)21/h5,8-11H,3-4,6-7H2,1-2H3,(H,20,21). The number of aliphatic carboxylic acids is 1. The van der Waals surface area contributed by atoms with Gasteiger partial charge in [-0.15, -0.1) is 0 Å². The van der Waals surface area contributed by atoms with Gasteiger partial charge < -0.3 is 10.0 Å². The van der Waals surface area contributed by atoms with E-state index in [4.69, 9.17) is 5.11 Å². The Labute approximate surface area is 123 Å². The fraction of sp³-hybridized carbons (Fsp3) is 0.533. The van der Waals surface area contributed by atoms with E-state index >= 15 is 0 Å². The summed E-state index contributed by atoms with van der Waals surface area (Å²) >= 11 is 0. The molecule has 0 unspecified atom stereocenters. The van der Waals surface area contributed by atoms with Gasteiger partial charge >= 0.3 is 5.97 Å².